The Hall–Kier alpha value is -1.87. The van der Waals surface area contributed by atoms with Crippen molar-refractivity contribution in [1.29, 1.82) is 0 Å². The SMILES string of the molecule is CN(Cc1noc(C2CC2)n1)C1CCN(Cc2nnnn2C2CC2)C1. The van der Waals surface area contributed by atoms with E-state index in [1.54, 1.807) is 0 Å². The molecule has 3 heterocycles. The van der Waals surface area contributed by atoms with Crippen LogP contribution in [0.15, 0.2) is 4.52 Å². The molecular formula is C16H24N8O. The Morgan fingerprint density at radius 3 is 2.88 bits per heavy atom. The summed E-state index contributed by atoms with van der Waals surface area (Å²) in [6, 6.07) is 1.04. The summed E-state index contributed by atoms with van der Waals surface area (Å²) in [6.07, 6.45) is 5.94. The van der Waals surface area contributed by atoms with E-state index in [4.69, 9.17) is 4.52 Å². The molecule has 9 nitrogen and oxygen atoms in total. The van der Waals surface area contributed by atoms with Gasteiger partial charge in [0.2, 0.25) is 5.89 Å². The fraction of sp³-hybridized carbons (Fsp3) is 0.812. The average Bonchev–Trinajstić information content (AvgIpc) is 3.50. The monoisotopic (exact) mass is 344 g/mol. The van der Waals surface area contributed by atoms with E-state index in [0.29, 0.717) is 18.0 Å². The minimum Gasteiger partial charge on any atom is -0.339 e. The highest BCUT2D eigenvalue weighted by atomic mass is 16.5. The quantitative estimate of drug-likeness (QED) is 0.734. The first kappa shape index (κ1) is 15.4. The number of tetrazole rings is 1. The smallest absolute Gasteiger partial charge is 0.229 e. The molecule has 1 saturated heterocycles. The number of rotatable bonds is 7. The molecule has 0 spiro atoms. The van der Waals surface area contributed by atoms with Gasteiger partial charge in [-0.05, 0) is 49.6 Å². The second kappa shape index (κ2) is 6.14. The third kappa shape index (κ3) is 3.30. The van der Waals surface area contributed by atoms with Gasteiger partial charge in [-0.1, -0.05) is 5.16 Å². The number of likely N-dealkylation sites (tertiary alicyclic amines) is 1. The van der Waals surface area contributed by atoms with Gasteiger partial charge in [0.05, 0.1) is 19.1 Å². The first-order valence-corrected chi connectivity index (χ1v) is 9.28. The fourth-order valence-corrected chi connectivity index (χ4v) is 3.61. The maximum Gasteiger partial charge on any atom is 0.229 e. The van der Waals surface area contributed by atoms with E-state index >= 15 is 0 Å². The van der Waals surface area contributed by atoms with Crippen LogP contribution < -0.4 is 0 Å². The van der Waals surface area contributed by atoms with Crippen LogP contribution in [-0.2, 0) is 13.1 Å². The summed E-state index contributed by atoms with van der Waals surface area (Å²) in [5, 5.41) is 16.4. The van der Waals surface area contributed by atoms with Crippen LogP contribution in [0.25, 0.3) is 0 Å². The highest BCUT2D eigenvalue weighted by molar-refractivity contribution is 5.02. The average molecular weight is 344 g/mol. The largest absolute Gasteiger partial charge is 0.339 e. The van der Waals surface area contributed by atoms with Gasteiger partial charge in [0.1, 0.15) is 0 Å². The van der Waals surface area contributed by atoms with Crippen molar-refractivity contribution in [2.75, 3.05) is 20.1 Å². The van der Waals surface area contributed by atoms with E-state index in [1.807, 2.05) is 4.68 Å². The Bertz CT molecular complexity index is 734. The zero-order chi connectivity index (χ0) is 16.8. The summed E-state index contributed by atoms with van der Waals surface area (Å²) >= 11 is 0. The van der Waals surface area contributed by atoms with Crippen LogP contribution in [0, 0.1) is 0 Å². The summed E-state index contributed by atoms with van der Waals surface area (Å²) in [4.78, 5) is 9.32. The minimum absolute atomic E-state index is 0.508. The molecule has 1 atom stereocenters. The van der Waals surface area contributed by atoms with Gasteiger partial charge in [0.25, 0.3) is 0 Å². The molecular weight excluding hydrogens is 320 g/mol. The number of nitrogens with zero attached hydrogens (tertiary/aromatic N) is 8. The van der Waals surface area contributed by atoms with Crippen molar-refractivity contribution < 1.29 is 4.52 Å². The molecule has 0 aromatic carbocycles. The Morgan fingerprint density at radius 1 is 1.20 bits per heavy atom. The topological polar surface area (TPSA) is 89.0 Å². The molecule has 25 heavy (non-hydrogen) atoms. The number of hydrogen-bond acceptors (Lipinski definition) is 8. The molecule has 1 unspecified atom stereocenters. The molecule has 1 aliphatic heterocycles. The van der Waals surface area contributed by atoms with Crippen LogP contribution in [0.2, 0.25) is 0 Å². The molecule has 2 aromatic heterocycles. The third-order valence-electron chi connectivity index (χ3n) is 5.49. The van der Waals surface area contributed by atoms with E-state index in [0.717, 1.165) is 50.1 Å². The lowest BCUT2D eigenvalue weighted by Crippen LogP contribution is -2.34. The van der Waals surface area contributed by atoms with Crippen molar-refractivity contribution in [3.8, 4) is 0 Å². The Morgan fingerprint density at radius 2 is 2.08 bits per heavy atom. The summed E-state index contributed by atoms with van der Waals surface area (Å²) in [5.41, 5.74) is 0. The van der Waals surface area contributed by atoms with Gasteiger partial charge in [-0.25, -0.2) is 4.68 Å². The van der Waals surface area contributed by atoms with Crippen molar-refractivity contribution in [2.45, 2.75) is 63.2 Å². The molecule has 134 valence electrons. The van der Waals surface area contributed by atoms with Crippen molar-refractivity contribution in [2.24, 2.45) is 0 Å². The molecule has 0 N–H and O–H groups in total. The van der Waals surface area contributed by atoms with E-state index in [1.165, 1.54) is 25.7 Å². The van der Waals surface area contributed by atoms with Gasteiger partial charge in [-0.3, -0.25) is 9.80 Å². The second-order valence-electron chi connectivity index (χ2n) is 7.69. The number of aromatic nitrogens is 6. The lowest BCUT2D eigenvalue weighted by Gasteiger charge is -2.23. The third-order valence-corrected chi connectivity index (χ3v) is 5.49. The van der Waals surface area contributed by atoms with Crippen molar-refractivity contribution in [3.63, 3.8) is 0 Å². The predicted molar refractivity (Wildman–Crippen MR) is 87.5 cm³/mol. The maximum absolute atomic E-state index is 5.36. The Labute approximate surface area is 146 Å². The Kier molecular flexibility index (Phi) is 3.78. The molecule has 0 radical (unpaired) electrons. The van der Waals surface area contributed by atoms with Gasteiger partial charge in [0, 0.05) is 25.0 Å². The molecule has 9 heteroatoms. The molecule has 2 aliphatic carbocycles. The van der Waals surface area contributed by atoms with E-state index in [-0.39, 0.29) is 0 Å². The van der Waals surface area contributed by atoms with Crippen molar-refractivity contribution in [3.05, 3.63) is 17.5 Å². The van der Waals surface area contributed by atoms with Crippen molar-refractivity contribution >= 4 is 0 Å². The highest BCUT2D eigenvalue weighted by Crippen LogP contribution is 2.39. The fourth-order valence-electron chi connectivity index (χ4n) is 3.61. The highest BCUT2D eigenvalue weighted by Gasteiger charge is 2.32. The van der Waals surface area contributed by atoms with E-state index in [9.17, 15) is 0 Å². The predicted octanol–water partition coefficient (Wildman–Crippen LogP) is 0.975. The molecule has 3 fully saturated rings. The van der Waals surface area contributed by atoms with Gasteiger partial charge in [-0.15, -0.1) is 5.10 Å². The number of likely N-dealkylation sites (N-methyl/N-ethyl adjacent to an activating group) is 1. The lowest BCUT2D eigenvalue weighted by molar-refractivity contribution is 0.213. The first-order valence-electron chi connectivity index (χ1n) is 9.28. The summed E-state index contributed by atoms with van der Waals surface area (Å²) < 4.78 is 7.37. The van der Waals surface area contributed by atoms with Gasteiger partial charge in [0.15, 0.2) is 11.6 Å². The summed E-state index contributed by atoms with van der Waals surface area (Å²) in [7, 11) is 2.15. The first-order chi connectivity index (χ1) is 12.3. The molecule has 2 aromatic rings. The van der Waals surface area contributed by atoms with E-state index < -0.39 is 0 Å². The van der Waals surface area contributed by atoms with Crippen LogP contribution in [0.1, 0.15) is 61.6 Å². The normalized spacial score (nSPS) is 24.5. The van der Waals surface area contributed by atoms with Gasteiger partial charge < -0.3 is 4.52 Å². The van der Waals surface area contributed by atoms with E-state index in [2.05, 4.69) is 42.5 Å². The van der Waals surface area contributed by atoms with Crippen LogP contribution in [0.5, 0.6) is 0 Å². The zero-order valence-corrected chi connectivity index (χ0v) is 14.6. The molecule has 0 amide bonds. The van der Waals surface area contributed by atoms with Crippen LogP contribution in [0.4, 0.5) is 0 Å². The summed E-state index contributed by atoms with van der Waals surface area (Å²) in [5.74, 6) is 3.15. The minimum atomic E-state index is 0.508. The number of hydrogen-bond donors (Lipinski definition) is 0. The molecule has 2 saturated carbocycles. The van der Waals surface area contributed by atoms with Gasteiger partial charge >= 0.3 is 0 Å². The molecule has 0 bridgehead atoms. The maximum atomic E-state index is 5.36. The molecule has 3 aliphatic rings. The van der Waals surface area contributed by atoms with Crippen LogP contribution in [0.3, 0.4) is 0 Å². The standard InChI is InChI=1S/C16H24N8O/c1-22(9-14-17-16(25-19-14)11-2-3-11)13-6-7-23(8-13)10-15-18-20-21-24(15)12-4-5-12/h11-13H,2-10H2,1H3. The Balaban J connectivity index is 1.16. The van der Waals surface area contributed by atoms with Crippen LogP contribution in [-0.4, -0.2) is 66.3 Å². The lowest BCUT2D eigenvalue weighted by atomic mass is 10.2. The van der Waals surface area contributed by atoms with Crippen LogP contribution >= 0.6 is 0 Å². The second-order valence-corrected chi connectivity index (χ2v) is 7.69. The van der Waals surface area contributed by atoms with Gasteiger partial charge in [-0.2, -0.15) is 4.98 Å². The molecule has 5 rings (SSSR count). The zero-order valence-electron chi connectivity index (χ0n) is 14.6. The van der Waals surface area contributed by atoms with Crippen molar-refractivity contribution in [1.82, 2.24) is 40.1 Å². The summed E-state index contributed by atoms with van der Waals surface area (Å²) in [6.45, 7) is 3.68.